The van der Waals surface area contributed by atoms with Crippen LogP contribution in [0.25, 0.3) is 0 Å². The van der Waals surface area contributed by atoms with Gasteiger partial charge in [0.15, 0.2) is 5.60 Å². The molecule has 0 bridgehead atoms. The Balaban J connectivity index is 3.00. The van der Waals surface area contributed by atoms with Crippen LogP contribution in [0, 0.1) is 5.92 Å². The minimum atomic E-state index is -1.41. The summed E-state index contributed by atoms with van der Waals surface area (Å²) in [7, 11) is 2.40. The predicted molar refractivity (Wildman–Crippen MR) is 60.4 cm³/mol. The normalized spacial score (nSPS) is 24.0. The first-order chi connectivity index (χ1) is 8.35. The van der Waals surface area contributed by atoms with Crippen molar-refractivity contribution in [1.82, 2.24) is 0 Å². The maximum absolute atomic E-state index is 11.9. The molecule has 100 valence electrons. The van der Waals surface area contributed by atoms with Crippen molar-refractivity contribution in [3.63, 3.8) is 0 Å². The number of rotatable bonds is 4. The molecule has 0 saturated heterocycles. The first kappa shape index (κ1) is 14.2. The maximum Gasteiger partial charge on any atom is 0.313 e. The zero-order valence-corrected chi connectivity index (χ0v) is 10.8. The molecule has 0 aromatic heterocycles. The van der Waals surface area contributed by atoms with Crippen LogP contribution in [0.2, 0.25) is 0 Å². The lowest BCUT2D eigenvalue weighted by Crippen LogP contribution is -2.46. The zero-order valence-electron chi connectivity index (χ0n) is 10.8. The van der Waals surface area contributed by atoms with Crippen LogP contribution in [0.4, 0.5) is 0 Å². The SMILES string of the molecule is COC(=O)CC(C(=O)OC)C1(C)OC(C)=CC1=O. The summed E-state index contributed by atoms with van der Waals surface area (Å²) in [6, 6.07) is 0. The van der Waals surface area contributed by atoms with E-state index in [2.05, 4.69) is 9.47 Å². The molecule has 1 aliphatic rings. The number of esters is 2. The summed E-state index contributed by atoms with van der Waals surface area (Å²) < 4.78 is 14.5. The minimum absolute atomic E-state index is 0.271. The predicted octanol–water partition coefficient (Wildman–Crippen LogP) is 0.600. The average Bonchev–Trinajstić information content (AvgIpc) is 2.59. The average molecular weight is 256 g/mol. The number of allylic oxidation sites excluding steroid dienone is 1. The van der Waals surface area contributed by atoms with Crippen molar-refractivity contribution in [2.45, 2.75) is 25.9 Å². The quantitative estimate of drug-likeness (QED) is 0.685. The van der Waals surface area contributed by atoms with Gasteiger partial charge in [0.25, 0.3) is 0 Å². The fraction of sp³-hybridized carbons (Fsp3) is 0.583. The number of ether oxygens (including phenoxy) is 3. The van der Waals surface area contributed by atoms with Gasteiger partial charge in [0, 0.05) is 6.08 Å². The van der Waals surface area contributed by atoms with Gasteiger partial charge in [-0.1, -0.05) is 0 Å². The van der Waals surface area contributed by atoms with Crippen LogP contribution in [0.1, 0.15) is 20.3 Å². The maximum atomic E-state index is 11.9. The smallest absolute Gasteiger partial charge is 0.313 e. The monoisotopic (exact) mass is 256 g/mol. The highest BCUT2D eigenvalue weighted by atomic mass is 16.5. The summed E-state index contributed by atoms with van der Waals surface area (Å²) >= 11 is 0. The molecule has 6 heteroatoms. The van der Waals surface area contributed by atoms with E-state index in [0.717, 1.165) is 0 Å². The first-order valence-electron chi connectivity index (χ1n) is 5.41. The third kappa shape index (κ3) is 2.52. The highest BCUT2D eigenvalue weighted by Crippen LogP contribution is 2.34. The lowest BCUT2D eigenvalue weighted by molar-refractivity contribution is -0.164. The standard InChI is InChI=1S/C12H16O6/c1-7-5-9(13)12(2,18-7)8(11(15)17-4)6-10(14)16-3/h5,8H,6H2,1-4H3. The lowest BCUT2D eigenvalue weighted by Gasteiger charge is -2.30. The highest BCUT2D eigenvalue weighted by Gasteiger charge is 2.51. The molecule has 1 heterocycles. The molecule has 0 aromatic carbocycles. The Bertz CT molecular complexity index is 411. The number of carbonyl (C=O) groups is 3. The minimum Gasteiger partial charge on any atom is -0.483 e. The van der Waals surface area contributed by atoms with Gasteiger partial charge in [0.05, 0.1) is 26.4 Å². The number of hydrogen-bond acceptors (Lipinski definition) is 6. The molecular weight excluding hydrogens is 240 g/mol. The van der Waals surface area contributed by atoms with E-state index in [1.807, 2.05) is 0 Å². The van der Waals surface area contributed by atoms with Gasteiger partial charge in [-0.15, -0.1) is 0 Å². The van der Waals surface area contributed by atoms with Gasteiger partial charge < -0.3 is 14.2 Å². The fourth-order valence-electron chi connectivity index (χ4n) is 1.88. The van der Waals surface area contributed by atoms with Crippen LogP contribution in [0.5, 0.6) is 0 Å². The van der Waals surface area contributed by atoms with Crippen LogP contribution >= 0.6 is 0 Å². The summed E-state index contributed by atoms with van der Waals surface area (Å²) in [5, 5.41) is 0. The van der Waals surface area contributed by atoms with Gasteiger partial charge in [-0.05, 0) is 13.8 Å². The van der Waals surface area contributed by atoms with E-state index in [1.54, 1.807) is 6.92 Å². The number of carbonyl (C=O) groups excluding carboxylic acids is 3. The Morgan fingerprint density at radius 3 is 2.39 bits per heavy atom. The van der Waals surface area contributed by atoms with Gasteiger partial charge in [-0.2, -0.15) is 0 Å². The van der Waals surface area contributed by atoms with E-state index in [4.69, 9.17) is 4.74 Å². The molecule has 0 radical (unpaired) electrons. The van der Waals surface area contributed by atoms with E-state index in [0.29, 0.717) is 5.76 Å². The van der Waals surface area contributed by atoms with Gasteiger partial charge in [0.2, 0.25) is 5.78 Å². The molecule has 0 N–H and O–H groups in total. The van der Waals surface area contributed by atoms with Gasteiger partial charge in [-0.25, -0.2) is 0 Å². The van der Waals surface area contributed by atoms with Crippen molar-refractivity contribution < 1.29 is 28.6 Å². The Morgan fingerprint density at radius 2 is 2.00 bits per heavy atom. The van der Waals surface area contributed by atoms with Crippen LogP contribution in [-0.4, -0.2) is 37.5 Å². The van der Waals surface area contributed by atoms with Gasteiger partial charge in [-0.3, -0.25) is 14.4 Å². The Hall–Kier alpha value is -1.85. The Morgan fingerprint density at radius 1 is 1.39 bits per heavy atom. The fourth-order valence-corrected chi connectivity index (χ4v) is 1.88. The van der Waals surface area contributed by atoms with E-state index in [9.17, 15) is 14.4 Å². The Kier molecular flexibility index (Phi) is 4.11. The van der Waals surface area contributed by atoms with Crippen molar-refractivity contribution in [3.05, 3.63) is 11.8 Å². The molecule has 18 heavy (non-hydrogen) atoms. The summed E-state index contributed by atoms with van der Waals surface area (Å²) in [6.07, 6.45) is 1.03. The number of methoxy groups -OCH3 is 2. The Labute approximate surface area is 105 Å². The van der Waals surface area contributed by atoms with Crippen LogP contribution in [0.15, 0.2) is 11.8 Å². The molecule has 0 spiro atoms. The lowest BCUT2D eigenvalue weighted by atomic mass is 9.83. The summed E-state index contributed by atoms with van der Waals surface area (Å²) in [5.74, 6) is -2.27. The van der Waals surface area contributed by atoms with Crippen molar-refractivity contribution in [2.24, 2.45) is 5.92 Å². The van der Waals surface area contributed by atoms with Gasteiger partial charge in [0.1, 0.15) is 5.92 Å². The summed E-state index contributed by atoms with van der Waals surface area (Å²) in [4.78, 5) is 34.9. The molecule has 0 saturated carbocycles. The van der Waals surface area contributed by atoms with Gasteiger partial charge >= 0.3 is 11.9 Å². The molecule has 1 aliphatic heterocycles. The second-order valence-electron chi connectivity index (χ2n) is 4.18. The number of hydrogen-bond donors (Lipinski definition) is 0. The van der Waals surface area contributed by atoms with Crippen molar-refractivity contribution in [3.8, 4) is 0 Å². The second-order valence-corrected chi connectivity index (χ2v) is 4.18. The molecular formula is C12H16O6. The molecule has 0 aliphatic carbocycles. The third-order valence-corrected chi connectivity index (χ3v) is 2.95. The molecule has 2 unspecified atom stereocenters. The van der Waals surface area contributed by atoms with Crippen molar-refractivity contribution in [2.75, 3.05) is 14.2 Å². The molecule has 2 atom stereocenters. The van der Waals surface area contributed by atoms with E-state index in [-0.39, 0.29) is 12.2 Å². The molecule has 0 aromatic rings. The molecule has 0 fully saturated rings. The molecule has 1 rings (SSSR count). The zero-order chi connectivity index (χ0) is 13.9. The van der Waals surface area contributed by atoms with Crippen LogP contribution < -0.4 is 0 Å². The summed E-state index contributed by atoms with van der Waals surface area (Å²) in [5.41, 5.74) is -1.41. The first-order valence-corrected chi connectivity index (χ1v) is 5.41. The highest BCUT2D eigenvalue weighted by molar-refractivity contribution is 6.02. The van der Waals surface area contributed by atoms with E-state index >= 15 is 0 Å². The molecule has 6 nitrogen and oxygen atoms in total. The second kappa shape index (κ2) is 5.20. The third-order valence-electron chi connectivity index (χ3n) is 2.95. The van der Waals surface area contributed by atoms with Crippen LogP contribution in [0.3, 0.4) is 0 Å². The van der Waals surface area contributed by atoms with Crippen molar-refractivity contribution in [1.29, 1.82) is 0 Å². The van der Waals surface area contributed by atoms with E-state index < -0.39 is 23.5 Å². The molecule has 0 amide bonds. The largest absolute Gasteiger partial charge is 0.483 e. The van der Waals surface area contributed by atoms with Crippen molar-refractivity contribution >= 4 is 17.7 Å². The van der Waals surface area contributed by atoms with E-state index in [1.165, 1.54) is 27.2 Å². The summed E-state index contributed by atoms with van der Waals surface area (Å²) in [6.45, 7) is 3.07. The number of ketones is 1. The topological polar surface area (TPSA) is 78.9 Å². The van der Waals surface area contributed by atoms with Crippen LogP contribution in [-0.2, 0) is 28.6 Å².